The zero-order valence-electron chi connectivity index (χ0n) is 12.3. The summed E-state index contributed by atoms with van der Waals surface area (Å²) in [5.74, 6) is 0.760. The number of nitro groups is 1. The van der Waals surface area contributed by atoms with Gasteiger partial charge in [-0.05, 0) is 36.8 Å². The van der Waals surface area contributed by atoms with E-state index >= 15 is 0 Å². The monoisotopic (exact) mass is 318 g/mol. The molecule has 0 aliphatic rings. The van der Waals surface area contributed by atoms with E-state index in [1.807, 2.05) is 49.4 Å². The molecule has 1 unspecified atom stereocenters. The molecule has 6 heteroatoms. The van der Waals surface area contributed by atoms with Gasteiger partial charge in [-0.2, -0.15) is 0 Å². The molecule has 0 amide bonds. The van der Waals surface area contributed by atoms with Gasteiger partial charge in [0.25, 0.3) is 0 Å². The minimum absolute atomic E-state index is 0.160. The molecule has 22 heavy (non-hydrogen) atoms. The fourth-order valence-electron chi connectivity index (χ4n) is 2.03. The highest BCUT2D eigenvalue weighted by molar-refractivity contribution is 7.99. The lowest BCUT2D eigenvalue weighted by atomic mass is 10.1. The van der Waals surface area contributed by atoms with Gasteiger partial charge in [0.1, 0.15) is 5.75 Å². The van der Waals surface area contributed by atoms with Crippen molar-refractivity contribution in [1.29, 1.82) is 0 Å². The van der Waals surface area contributed by atoms with Crippen LogP contribution in [0, 0.1) is 10.1 Å². The highest BCUT2D eigenvalue weighted by atomic mass is 32.2. The molecule has 0 saturated carbocycles. The van der Waals surface area contributed by atoms with Crippen LogP contribution < -0.4 is 10.5 Å². The molecule has 2 aromatic rings. The van der Waals surface area contributed by atoms with Crippen LogP contribution in [0.1, 0.15) is 17.7 Å². The number of nitrogens with zero attached hydrogens (tertiary/aromatic N) is 1. The van der Waals surface area contributed by atoms with E-state index in [0.717, 1.165) is 16.2 Å². The molecular weight excluding hydrogens is 300 g/mol. The smallest absolute Gasteiger partial charge is 0.220 e. The molecule has 0 bridgehead atoms. The average Bonchev–Trinajstić information content (AvgIpc) is 2.49. The van der Waals surface area contributed by atoms with Gasteiger partial charge in [-0.3, -0.25) is 10.1 Å². The Labute approximate surface area is 133 Å². The molecule has 0 saturated heterocycles. The molecule has 0 aliphatic carbocycles. The van der Waals surface area contributed by atoms with E-state index in [1.54, 1.807) is 6.07 Å². The summed E-state index contributed by atoms with van der Waals surface area (Å²) in [6, 6.07) is 14.8. The van der Waals surface area contributed by atoms with E-state index in [2.05, 4.69) is 0 Å². The van der Waals surface area contributed by atoms with Crippen LogP contribution in [0.3, 0.4) is 0 Å². The van der Waals surface area contributed by atoms with Crippen molar-refractivity contribution in [3.05, 3.63) is 64.2 Å². The topological polar surface area (TPSA) is 78.4 Å². The zero-order chi connectivity index (χ0) is 15.9. The normalized spacial score (nSPS) is 11.9. The second-order valence-corrected chi connectivity index (χ2v) is 5.91. The molecule has 2 aromatic carbocycles. The molecule has 0 heterocycles. The number of hydrogen-bond donors (Lipinski definition) is 1. The number of thioether (sulfide) groups is 1. The SMILES string of the molecule is CCOc1ccc(C(C[N+](=O)[O-])Sc2ccccc2N)cc1. The number of para-hydroxylation sites is 1. The molecule has 0 spiro atoms. The Kier molecular flexibility index (Phi) is 5.66. The lowest BCUT2D eigenvalue weighted by molar-refractivity contribution is -0.479. The largest absolute Gasteiger partial charge is 0.494 e. The van der Waals surface area contributed by atoms with E-state index in [9.17, 15) is 10.1 Å². The first kappa shape index (κ1) is 16.2. The fourth-order valence-corrected chi connectivity index (χ4v) is 3.19. The molecule has 5 nitrogen and oxygen atoms in total. The third kappa shape index (κ3) is 4.39. The highest BCUT2D eigenvalue weighted by Gasteiger charge is 2.20. The Balaban J connectivity index is 2.22. The summed E-state index contributed by atoms with van der Waals surface area (Å²) in [5.41, 5.74) is 7.44. The van der Waals surface area contributed by atoms with Gasteiger partial charge in [0, 0.05) is 15.5 Å². The summed E-state index contributed by atoms with van der Waals surface area (Å²) >= 11 is 1.41. The van der Waals surface area contributed by atoms with Crippen LogP contribution in [0.2, 0.25) is 0 Å². The summed E-state index contributed by atoms with van der Waals surface area (Å²) in [6.45, 7) is 2.34. The molecule has 0 radical (unpaired) electrons. The van der Waals surface area contributed by atoms with Gasteiger partial charge in [-0.15, -0.1) is 11.8 Å². The Morgan fingerprint density at radius 1 is 1.23 bits per heavy atom. The minimum Gasteiger partial charge on any atom is -0.494 e. The molecule has 2 N–H and O–H groups in total. The minimum atomic E-state index is -0.298. The van der Waals surface area contributed by atoms with Crippen molar-refractivity contribution < 1.29 is 9.66 Å². The Bertz CT molecular complexity index is 632. The number of nitrogen functional groups attached to an aromatic ring is 1. The molecule has 0 aromatic heterocycles. The van der Waals surface area contributed by atoms with E-state index in [0.29, 0.717) is 12.3 Å². The first-order valence-electron chi connectivity index (χ1n) is 6.96. The van der Waals surface area contributed by atoms with Crippen LogP contribution >= 0.6 is 11.8 Å². The third-order valence-corrected chi connectivity index (χ3v) is 4.40. The van der Waals surface area contributed by atoms with Crippen molar-refractivity contribution >= 4 is 17.4 Å². The van der Waals surface area contributed by atoms with E-state index < -0.39 is 0 Å². The van der Waals surface area contributed by atoms with Crippen molar-refractivity contribution in [3.8, 4) is 5.75 Å². The maximum atomic E-state index is 11.0. The Hall–Kier alpha value is -2.21. The van der Waals surface area contributed by atoms with Crippen molar-refractivity contribution in [2.24, 2.45) is 0 Å². The fraction of sp³-hybridized carbons (Fsp3) is 0.250. The van der Waals surface area contributed by atoms with Crippen molar-refractivity contribution in [1.82, 2.24) is 0 Å². The van der Waals surface area contributed by atoms with Crippen molar-refractivity contribution in [3.63, 3.8) is 0 Å². The van der Waals surface area contributed by atoms with Crippen molar-refractivity contribution in [2.45, 2.75) is 17.1 Å². The average molecular weight is 318 g/mol. The number of rotatable bonds is 7. The Morgan fingerprint density at radius 3 is 2.50 bits per heavy atom. The summed E-state index contributed by atoms with van der Waals surface area (Å²) < 4.78 is 5.40. The van der Waals surface area contributed by atoms with Crippen LogP contribution in [0.25, 0.3) is 0 Å². The van der Waals surface area contributed by atoms with Gasteiger partial charge in [0.15, 0.2) is 0 Å². The molecule has 0 aliphatic heterocycles. The van der Waals surface area contributed by atoms with E-state index in [4.69, 9.17) is 10.5 Å². The lowest BCUT2D eigenvalue weighted by Gasteiger charge is -2.15. The standard InChI is InChI=1S/C16H18N2O3S/c1-2-21-13-9-7-12(8-10-13)16(11-18(19)20)22-15-6-4-3-5-14(15)17/h3-10,16H,2,11,17H2,1H3. The van der Waals surface area contributed by atoms with Gasteiger partial charge in [-0.1, -0.05) is 24.3 Å². The maximum absolute atomic E-state index is 11.0. The summed E-state index contributed by atoms with van der Waals surface area (Å²) in [4.78, 5) is 11.5. The second kappa shape index (κ2) is 7.70. The van der Waals surface area contributed by atoms with Crippen LogP contribution in [-0.2, 0) is 0 Å². The molecule has 2 rings (SSSR count). The number of benzene rings is 2. The highest BCUT2D eigenvalue weighted by Crippen LogP contribution is 2.38. The second-order valence-electron chi connectivity index (χ2n) is 4.66. The van der Waals surface area contributed by atoms with Gasteiger partial charge in [-0.25, -0.2) is 0 Å². The maximum Gasteiger partial charge on any atom is 0.220 e. The quantitative estimate of drug-likeness (QED) is 0.364. The van der Waals surface area contributed by atoms with Gasteiger partial charge < -0.3 is 10.5 Å². The zero-order valence-corrected chi connectivity index (χ0v) is 13.1. The number of anilines is 1. The molecule has 1 atom stereocenters. The first-order chi connectivity index (χ1) is 10.6. The van der Waals surface area contributed by atoms with Crippen LogP contribution in [0.4, 0.5) is 5.69 Å². The number of hydrogen-bond acceptors (Lipinski definition) is 5. The van der Waals surface area contributed by atoms with E-state index in [-0.39, 0.29) is 16.7 Å². The van der Waals surface area contributed by atoms with Crippen LogP contribution in [-0.4, -0.2) is 18.1 Å². The predicted octanol–water partition coefficient (Wildman–Crippen LogP) is 3.78. The van der Waals surface area contributed by atoms with E-state index in [1.165, 1.54) is 11.8 Å². The summed E-state index contributed by atoms with van der Waals surface area (Å²) in [7, 11) is 0. The molecule has 0 fully saturated rings. The third-order valence-electron chi connectivity index (χ3n) is 3.07. The van der Waals surface area contributed by atoms with Crippen LogP contribution in [0.5, 0.6) is 5.75 Å². The molecular formula is C16H18N2O3S. The van der Waals surface area contributed by atoms with Crippen LogP contribution in [0.15, 0.2) is 53.4 Å². The van der Waals surface area contributed by atoms with Gasteiger partial charge >= 0.3 is 0 Å². The van der Waals surface area contributed by atoms with Gasteiger partial charge in [0.2, 0.25) is 6.54 Å². The number of nitrogens with two attached hydrogens (primary N) is 1. The predicted molar refractivity (Wildman–Crippen MR) is 88.9 cm³/mol. The molecule has 116 valence electrons. The lowest BCUT2D eigenvalue weighted by Crippen LogP contribution is -2.10. The summed E-state index contributed by atoms with van der Waals surface area (Å²) in [6.07, 6.45) is 0. The van der Waals surface area contributed by atoms with Crippen molar-refractivity contribution in [2.75, 3.05) is 18.9 Å². The summed E-state index contributed by atoms with van der Waals surface area (Å²) in [5, 5.41) is 10.7. The first-order valence-corrected chi connectivity index (χ1v) is 7.84. The van der Waals surface area contributed by atoms with Gasteiger partial charge in [0.05, 0.1) is 11.9 Å². The Morgan fingerprint density at radius 2 is 1.91 bits per heavy atom. The number of ether oxygens (including phenoxy) is 1.